The highest BCUT2D eigenvalue weighted by Crippen LogP contribution is 2.28. The topological polar surface area (TPSA) is 52.3 Å². The molecule has 3 heteroatoms. The lowest BCUT2D eigenvalue weighted by atomic mass is 9.87. The summed E-state index contributed by atoms with van der Waals surface area (Å²) in [6.45, 7) is 0. The lowest BCUT2D eigenvalue weighted by molar-refractivity contribution is 0.0600. The number of rotatable bonds is 1. The minimum atomic E-state index is -0.296. The van der Waals surface area contributed by atoms with E-state index in [2.05, 4.69) is 4.74 Å². The van der Waals surface area contributed by atoms with E-state index in [1.807, 2.05) is 18.2 Å². The van der Waals surface area contributed by atoms with Crippen LogP contribution in [0.25, 0.3) is 0 Å². The van der Waals surface area contributed by atoms with Crippen molar-refractivity contribution in [2.75, 3.05) is 7.11 Å². The molecule has 1 atom stereocenters. The SMILES string of the molecule is COC(=O)c1ccc2c(c1)C(N)CCC2. The molecule has 0 heterocycles. The van der Waals surface area contributed by atoms with E-state index in [9.17, 15) is 4.79 Å². The Hall–Kier alpha value is -1.35. The summed E-state index contributed by atoms with van der Waals surface area (Å²) < 4.78 is 4.68. The maximum Gasteiger partial charge on any atom is 0.337 e. The second-order valence-electron chi connectivity index (χ2n) is 3.90. The standard InChI is InChI=1S/C12H15NO2/c1-15-12(14)9-6-5-8-3-2-4-11(13)10(8)7-9/h5-7,11H,2-4,13H2,1H3. The van der Waals surface area contributed by atoms with E-state index < -0.39 is 0 Å². The number of ether oxygens (including phenoxy) is 1. The summed E-state index contributed by atoms with van der Waals surface area (Å²) in [5.41, 5.74) is 8.96. The maximum atomic E-state index is 11.3. The number of esters is 1. The molecule has 0 fully saturated rings. The van der Waals surface area contributed by atoms with Crippen molar-refractivity contribution < 1.29 is 9.53 Å². The molecule has 1 aromatic carbocycles. The van der Waals surface area contributed by atoms with Crippen LogP contribution in [0, 0.1) is 0 Å². The molecular weight excluding hydrogens is 190 g/mol. The molecule has 0 aromatic heterocycles. The number of benzene rings is 1. The lowest BCUT2D eigenvalue weighted by Crippen LogP contribution is -2.18. The average molecular weight is 205 g/mol. The van der Waals surface area contributed by atoms with Gasteiger partial charge in [0.05, 0.1) is 12.7 Å². The van der Waals surface area contributed by atoms with Gasteiger partial charge < -0.3 is 10.5 Å². The van der Waals surface area contributed by atoms with Gasteiger partial charge in [-0.15, -0.1) is 0 Å². The predicted octanol–water partition coefficient (Wildman–Crippen LogP) is 1.81. The number of aryl methyl sites for hydroxylation is 1. The molecule has 15 heavy (non-hydrogen) atoms. The molecule has 2 rings (SSSR count). The molecule has 1 aliphatic rings. The van der Waals surface area contributed by atoms with Gasteiger partial charge in [-0.2, -0.15) is 0 Å². The first-order chi connectivity index (χ1) is 7.22. The van der Waals surface area contributed by atoms with Crippen molar-refractivity contribution in [3.8, 4) is 0 Å². The van der Waals surface area contributed by atoms with Gasteiger partial charge in [-0.3, -0.25) is 0 Å². The van der Waals surface area contributed by atoms with Crippen LogP contribution in [0.2, 0.25) is 0 Å². The van der Waals surface area contributed by atoms with Crippen molar-refractivity contribution in [2.45, 2.75) is 25.3 Å². The van der Waals surface area contributed by atoms with Crippen molar-refractivity contribution in [1.82, 2.24) is 0 Å². The molecule has 1 aromatic rings. The Morgan fingerprint density at radius 1 is 1.53 bits per heavy atom. The predicted molar refractivity (Wildman–Crippen MR) is 57.6 cm³/mol. The Morgan fingerprint density at radius 2 is 2.33 bits per heavy atom. The first-order valence-electron chi connectivity index (χ1n) is 5.19. The zero-order chi connectivity index (χ0) is 10.8. The minimum Gasteiger partial charge on any atom is -0.465 e. The van der Waals surface area contributed by atoms with E-state index in [1.165, 1.54) is 12.7 Å². The molecule has 0 bridgehead atoms. The third-order valence-electron chi connectivity index (χ3n) is 2.93. The quantitative estimate of drug-likeness (QED) is 0.711. The molecule has 1 aliphatic carbocycles. The van der Waals surface area contributed by atoms with Gasteiger partial charge in [0.1, 0.15) is 0 Å². The number of carbonyl (C=O) groups is 1. The molecule has 2 N–H and O–H groups in total. The number of hydrogen-bond donors (Lipinski definition) is 1. The minimum absolute atomic E-state index is 0.0679. The second kappa shape index (κ2) is 4.03. The number of carbonyl (C=O) groups excluding carboxylic acids is 1. The van der Waals surface area contributed by atoms with Crippen LogP contribution in [-0.4, -0.2) is 13.1 Å². The van der Waals surface area contributed by atoms with E-state index >= 15 is 0 Å². The summed E-state index contributed by atoms with van der Waals surface area (Å²) in [4.78, 5) is 11.3. The first-order valence-corrected chi connectivity index (χ1v) is 5.19. The zero-order valence-corrected chi connectivity index (χ0v) is 8.82. The van der Waals surface area contributed by atoms with Crippen LogP contribution in [-0.2, 0) is 11.2 Å². The molecule has 1 unspecified atom stereocenters. The molecule has 3 nitrogen and oxygen atoms in total. The number of fused-ring (bicyclic) bond motifs is 1. The molecule has 0 aliphatic heterocycles. The van der Waals surface area contributed by atoms with Gasteiger partial charge in [0.2, 0.25) is 0 Å². The summed E-state index contributed by atoms with van der Waals surface area (Å²) >= 11 is 0. The molecule has 0 saturated heterocycles. The average Bonchev–Trinajstić information content (AvgIpc) is 2.28. The van der Waals surface area contributed by atoms with Gasteiger partial charge in [-0.1, -0.05) is 6.07 Å². The maximum absolute atomic E-state index is 11.3. The van der Waals surface area contributed by atoms with Crippen LogP contribution >= 0.6 is 0 Å². The molecule has 0 spiro atoms. The van der Waals surface area contributed by atoms with Crippen LogP contribution in [0.3, 0.4) is 0 Å². The van der Waals surface area contributed by atoms with Gasteiger partial charge in [-0.05, 0) is 42.5 Å². The highest BCUT2D eigenvalue weighted by atomic mass is 16.5. The van der Waals surface area contributed by atoms with Crippen LogP contribution in [0.5, 0.6) is 0 Å². The Balaban J connectivity index is 2.39. The van der Waals surface area contributed by atoms with E-state index in [-0.39, 0.29) is 12.0 Å². The smallest absolute Gasteiger partial charge is 0.337 e. The summed E-state index contributed by atoms with van der Waals surface area (Å²) in [7, 11) is 1.39. The summed E-state index contributed by atoms with van der Waals surface area (Å²) in [6.07, 6.45) is 3.19. The van der Waals surface area contributed by atoms with Crippen LogP contribution in [0.4, 0.5) is 0 Å². The van der Waals surface area contributed by atoms with E-state index in [0.29, 0.717) is 5.56 Å². The number of nitrogens with two attached hydrogens (primary N) is 1. The summed E-state index contributed by atoms with van der Waals surface area (Å²) in [6, 6.07) is 5.73. The Labute approximate surface area is 89.2 Å². The van der Waals surface area contributed by atoms with Gasteiger partial charge in [0.25, 0.3) is 0 Å². The van der Waals surface area contributed by atoms with Crippen molar-refractivity contribution >= 4 is 5.97 Å². The second-order valence-corrected chi connectivity index (χ2v) is 3.90. The van der Waals surface area contributed by atoms with Crippen LogP contribution in [0.15, 0.2) is 18.2 Å². The zero-order valence-electron chi connectivity index (χ0n) is 8.82. The fourth-order valence-corrected chi connectivity index (χ4v) is 2.08. The van der Waals surface area contributed by atoms with Crippen molar-refractivity contribution in [3.05, 3.63) is 34.9 Å². The van der Waals surface area contributed by atoms with Crippen molar-refractivity contribution in [3.63, 3.8) is 0 Å². The van der Waals surface area contributed by atoms with Gasteiger partial charge in [0, 0.05) is 6.04 Å². The van der Waals surface area contributed by atoms with E-state index in [4.69, 9.17) is 5.73 Å². The highest BCUT2D eigenvalue weighted by molar-refractivity contribution is 5.89. The normalized spacial score (nSPS) is 19.5. The molecular formula is C12H15NO2. The van der Waals surface area contributed by atoms with E-state index in [1.54, 1.807) is 0 Å². The van der Waals surface area contributed by atoms with Gasteiger partial charge in [-0.25, -0.2) is 4.79 Å². The third-order valence-corrected chi connectivity index (χ3v) is 2.93. The van der Waals surface area contributed by atoms with Crippen LogP contribution in [0.1, 0.15) is 40.4 Å². The fraction of sp³-hybridized carbons (Fsp3) is 0.417. The fourth-order valence-electron chi connectivity index (χ4n) is 2.08. The van der Waals surface area contributed by atoms with Gasteiger partial charge in [0.15, 0.2) is 0 Å². The van der Waals surface area contributed by atoms with Crippen molar-refractivity contribution in [1.29, 1.82) is 0 Å². The Morgan fingerprint density at radius 3 is 3.07 bits per heavy atom. The van der Waals surface area contributed by atoms with Crippen LogP contribution < -0.4 is 5.73 Å². The van der Waals surface area contributed by atoms with E-state index in [0.717, 1.165) is 24.8 Å². The summed E-state index contributed by atoms with van der Waals surface area (Å²) in [5, 5.41) is 0. The monoisotopic (exact) mass is 205 g/mol. The number of hydrogen-bond acceptors (Lipinski definition) is 3. The Bertz CT molecular complexity index is 387. The number of methoxy groups -OCH3 is 1. The molecule has 0 saturated carbocycles. The first kappa shape index (κ1) is 10.2. The third kappa shape index (κ3) is 1.88. The lowest BCUT2D eigenvalue weighted by Gasteiger charge is -2.22. The largest absolute Gasteiger partial charge is 0.465 e. The van der Waals surface area contributed by atoms with Gasteiger partial charge >= 0.3 is 5.97 Å². The van der Waals surface area contributed by atoms with Crippen molar-refractivity contribution in [2.24, 2.45) is 5.73 Å². The molecule has 0 amide bonds. The summed E-state index contributed by atoms with van der Waals surface area (Å²) in [5.74, 6) is -0.296. The molecule has 0 radical (unpaired) electrons. The highest BCUT2D eigenvalue weighted by Gasteiger charge is 2.18. The molecule has 80 valence electrons. The Kier molecular flexibility index (Phi) is 2.73.